The second kappa shape index (κ2) is 8.85. The molecule has 0 bridgehead atoms. The summed E-state index contributed by atoms with van der Waals surface area (Å²) in [4.78, 5) is 28.1. The van der Waals surface area contributed by atoms with Gasteiger partial charge in [0.05, 0.1) is 0 Å². The lowest BCUT2D eigenvalue weighted by atomic mass is 9.80. The molecule has 1 aliphatic rings. The Hall–Kier alpha value is -2.90. The predicted molar refractivity (Wildman–Crippen MR) is 105 cm³/mol. The lowest BCUT2D eigenvalue weighted by Gasteiger charge is -2.32. The largest absolute Gasteiger partial charge is 0.315 e. The van der Waals surface area contributed by atoms with Gasteiger partial charge < -0.3 is 9.80 Å². The molecule has 160 valence electrons. The lowest BCUT2D eigenvalue weighted by Crippen LogP contribution is -2.39. The fourth-order valence-corrected chi connectivity index (χ4v) is 3.78. The van der Waals surface area contributed by atoms with Crippen LogP contribution in [0.4, 0.5) is 28.9 Å². The zero-order chi connectivity index (χ0) is 22.0. The number of carbonyl (C=O) groups is 2. The van der Waals surface area contributed by atoms with E-state index in [0.29, 0.717) is 25.7 Å². The van der Waals surface area contributed by atoms with Gasteiger partial charge in [0, 0.05) is 49.4 Å². The molecular formula is C22H22F4N2O2. The van der Waals surface area contributed by atoms with Crippen molar-refractivity contribution in [2.45, 2.75) is 25.7 Å². The Labute approximate surface area is 172 Å². The van der Waals surface area contributed by atoms with E-state index in [1.54, 1.807) is 0 Å². The van der Waals surface area contributed by atoms with Crippen molar-refractivity contribution in [3.05, 3.63) is 59.7 Å². The number of halogens is 4. The quantitative estimate of drug-likeness (QED) is 0.672. The van der Waals surface area contributed by atoms with Crippen molar-refractivity contribution in [3.8, 4) is 0 Å². The number of rotatable bonds is 4. The summed E-state index contributed by atoms with van der Waals surface area (Å²) in [5.74, 6) is -5.13. The maximum Gasteiger partial charge on any atom is 0.229 e. The van der Waals surface area contributed by atoms with E-state index < -0.39 is 23.3 Å². The van der Waals surface area contributed by atoms with E-state index in [1.807, 2.05) is 0 Å². The molecule has 1 aliphatic carbocycles. The molecule has 4 nitrogen and oxygen atoms in total. The first-order valence-electron chi connectivity index (χ1n) is 9.64. The molecule has 1 fully saturated rings. The van der Waals surface area contributed by atoms with Gasteiger partial charge in [-0.1, -0.05) is 0 Å². The molecule has 0 spiro atoms. The minimum Gasteiger partial charge on any atom is -0.315 e. The summed E-state index contributed by atoms with van der Waals surface area (Å²) in [7, 11) is 3.01. The summed E-state index contributed by atoms with van der Waals surface area (Å²) in [5, 5.41) is 0. The number of hydrogen-bond donors (Lipinski definition) is 0. The zero-order valence-electron chi connectivity index (χ0n) is 16.7. The molecule has 0 unspecified atom stereocenters. The summed E-state index contributed by atoms with van der Waals surface area (Å²) in [6.07, 6.45) is 1.87. The summed E-state index contributed by atoms with van der Waals surface area (Å²) >= 11 is 0. The zero-order valence-corrected chi connectivity index (χ0v) is 16.7. The molecular weight excluding hydrogens is 400 g/mol. The van der Waals surface area contributed by atoms with Gasteiger partial charge in [0.15, 0.2) is 23.3 Å². The topological polar surface area (TPSA) is 40.6 Å². The number of carbonyl (C=O) groups excluding carboxylic acids is 2. The Morgan fingerprint density at radius 1 is 0.667 bits per heavy atom. The van der Waals surface area contributed by atoms with Gasteiger partial charge in [0.2, 0.25) is 11.8 Å². The van der Waals surface area contributed by atoms with Gasteiger partial charge in [0.1, 0.15) is 0 Å². The van der Waals surface area contributed by atoms with Crippen molar-refractivity contribution in [1.82, 2.24) is 0 Å². The Morgan fingerprint density at radius 3 is 1.30 bits per heavy atom. The van der Waals surface area contributed by atoms with Gasteiger partial charge in [-0.15, -0.1) is 0 Å². The highest BCUT2D eigenvalue weighted by molar-refractivity contribution is 5.96. The van der Waals surface area contributed by atoms with Gasteiger partial charge >= 0.3 is 0 Å². The predicted octanol–water partition coefficient (Wildman–Crippen LogP) is 4.68. The van der Waals surface area contributed by atoms with Crippen molar-refractivity contribution in [2.24, 2.45) is 11.8 Å². The van der Waals surface area contributed by atoms with E-state index in [-0.39, 0.29) is 35.0 Å². The monoisotopic (exact) mass is 422 g/mol. The fourth-order valence-electron chi connectivity index (χ4n) is 3.78. The minimum absolute atomic E-state index is 0.221. The van der Waals surface area contributed by atoms with Crippen LogP contribution in [0.3, 0.4) is 0 Å². The van der Waals surface area contributed by atoms with Crippen LogP contribution in [-0.4, -0.2) is 25.9 Å². The molecule has 0 N–H and O–H groups in total. The van der Waals surface area contributed by atoms with E-state index in [1.165, 1.54) is 36.0 Å². The molecule has 1 saturated carbocycles. The molecule has 8 heteroatoms. The highest BCUT2D eigenvalue weighted by Crippen LogP contribution is 2.33. The normalized spacial score (nSPS) is 18.7. The van der Waals surface area contributed by atoms with Crippen LogP contribution >= 0.6 is 0 Å². The molecule has 3 rings (SSSR count). The van der Waals surface area contributed by atoms with E-state index in [2.05, 4.69) is 0 Å². The first kappa shape index (κ1) is 21.8. The lowest BCUT2D eigenvalue weighted by molar-refractivity contribution is -0.127. The van der Waals surface area contributed by atoms with Gasteiger partial charge in [-0.3, -0.25) is 9.59 Å². The summed E-state index contributed by atoms with van der Waals surface area (Å²) in [5.41, 5.74) is 0.519. The summed E-state index contributed by atoms with van der Waals surface area (Å²) in [6.45, 7) is 0. The Bertz CT molecular complexity index is 881. The standard InChI is InChI=1S/C22H22F4N2O2/c1-27(15-7-9-17(23)19(25)11-15)21(29)13-3-5-14(6-4-13)22(30)28(2)16-8-10-18(24)20(26)12-16/h7-14H,3-6H2,1-2H3. The van der Waals surface area contributed by atoms with Crippen LogP contribution in [-0.2, 0) is 9.59 Å². The molecule has 2 aromatic carbocycles. The molecule has 0 radical (unpaired) electrons. The van der Waals surface area contributed by atoms with E-state index in [4.69, 9.17) is 0 Å². The number of amides is 2. The molecule has 30 heavy (non-hydrogen) atoms. The third kappa shape index (κ3) is 4.47. The second-order valence-electron chi connectivity index (χ2n) is 7.54. The van der Waals surface area contributed by atoms with Crippen molar-refractivity contribution >= 4 is 23.2 Å². The first-order chi connectivity index (χ1) is 14.2. The second-order valence-corrected chi connectivity index (χ2v) is 7.54. The van der Waals surface area contributed by atoms with Gasteiger partial charge in [-0.05, 0) is 49.9 Å². The van der Waals surface area contributed by atoms with Crippen LogP contribution in [0.25, 0.3) is 0 Å². The van der Waals surface area contributed by atoms with Gasteiger partial charge in [-0.25, -0.2) is 17.6 Å². The van der Waals surface area contributed by atoms with Crippen molar-refractivity contribution in [1.29, 1.82) is 0 Å². The third-order valence-electron chi connectivity index (χ3n) is 5.67. The molecule has 0 saturated heterocycles. The van der Waals surface area contributed by atoms with Crippen molar-refractivity contribution in [2.75, 3.05) is 23.9 Å². The highest BCUT2D eigenvalue weighted by Gasteiger charge is 2.33. The van der Waals surface area contributed by atoms with Crippen LogP contribution in [0.2, 0.25) is 0 Å². The Kier molecular flexibility index (Phi) is 6.43. The molecule has 0 atom stereocenters. The van der Waals surface area contributed by atoms with Gasteiger partial charge in [-0.2, -0.15) is 0 Å². The van der Waals surface area contributed by atoms with E-state index in [0.717, 1.165) is 24.3 Å². The molecule has 2 aromatic rings. The van der Waals surface area contributed by atoms with Crippen LogP contribution in [0, 0.1) is 35.1 Å². The van der Waals surface area contributed by atoms with Crippen molar-refractivity contribution in [3.63, 3.8) is 0 Å². The van der Waals surface area contributed by atoms with Crippen LogP contribution in [0.15, 0.2) is 36.4 Å². The Balaban J connectivity index is 1.60. The highest BCUT2D eigenvalue weighted by atomic mass is 19.2. The minimum atomic E-state index is -1.03. The number of benzene rings is 2. The number of nitrogens with zero attached hydrogens (tertiary/aromatic N) is 2. The molecule has 0 heterocycles. The van der Waals surface area contributed by atoms with E-state index >= 15 is 0 Å². The number of hydrogen-bond acceptors (Lipinski definition) is 2. The van der Waals surface area contributed by atoms with Crippen LogP contribution < -0.4 is 9.80 Å². The Morgan fingerprint density at radius 2 is 1.00 bits per heavy atom. The van der Waals surface area contributed by atoms with Crippen LogP contribution in [0.5, 0.6) is 0 Å². The SMILES string of the molecule is CN(C(=O)C1CCC(C(=O)N(C)c2ccc(F)c(F)c2)CC1)c1ccc(F)c(F)c1. The average Bonchev–Trinajstić information content (AvgIpc) is 2.75. The maximum absolute atomic E-state index is 13.4. The fraction of sp³-hybridized carbons (Fsp3) is 0.364. The third-order valence-corrected chi connectivity index (χ3v) is 5.67. The summed E-state index contributed by atoms with van der Waals surface area (Å²) < 4.78 is 53.1. The molecule has 0 aliphatic heterocycles. The molecule has 2 amide bonds. The molecule has 0 aromatic heterocycles. The smallest absolute Gasteiger partial charge is 0.229 e. The summed E-state index contributed by atoms with van der Waals surface area (Å²) in [6, 6.07) is 6.55. The maximum atomic E-state index is 13.4. The first-order valence-corrected chi connectivity index (χ1v) is 9.64. The van der Waals surface area contributed by atoms with Crippen LogP contribution in [0.1, 0.15) is 25.7 Å². The van der Waals surface area contributed by atoms with Gasteiger partial charge in [0.25, 0.3) is 0 Å². The number of anilines is 2. The average molecular weight is 422 g/mol. The van der Waals surface area contributed by atoms with Crippen molar-refractivity contribution < 1.29 is 27.2 Å². The van der Waals surface area contributed by atoms with E-state index in [9.17, 15) is 27.2 Å².